The van der Waals surface area contributed by atoms with E-state index in [-0.39, 0.29) is 28.6 Å². The van der Waals surface area contributed by atoms with Gasteiger partial charge in [0.25, 0.3) is 5.91 Å². The maximum Gasteiger partial charge on any atom is 0.388 e. The normalized spacial score (nSPS) is 11.0. The van der Waals surface area contributed by atoms with Gasteiger partial charge in [-0.05, 0) is 12.1 Å². The molecule has 0 aliphatic heterocycles. The van der Waals surface area contributed by atoms with Crippen LogP contribution in [0.5, 0.6) is 17.4 Å². The molecule has 0 fully saturated rings. The number of carbonyl (C=O) groups excluding carboxylic acids is 1. The summed E-state index contributed by atoms with van der Waals surface area (Å²) in [6.45, 7) is -3.00. The zero-order valence-electron chi connectivity index (χ0n) is 15.8. The monoisotopic (exact) mass is 433 g/mol. The fourth-order valence-corrected chi connectivity index (χ4v) is 2.34. The summed E-state index contributed by atoms with van der Waals surface area (Å²) in [5.74, 6) is -2.39. The third kappa shape index (κ3) is 5.44. The van der Waals surface area contributed by atoms with E-state index in [4.69, 9.17) is 4.74 Å². The van der Waals surface area contributed by atoms with Crippen LogP contribution in [0.2, 0.25) is 0 Å². The number of phenols is 1. The molecule has 2 aromatic heterocycles. The van der Waals surface area contributed by atoms with Gasteiger partial charge in [-0.25, -0.2) is 19.8 Å². The van der Waals surface area contributed by atoms with E-state index in [1.54, 1.807) is 0 Å². The summed E-state index contributed by atoms with van der Waals surface area (Å²) in [7, 11) is 1.34. The Morgan fingerprint density at radius 2 is 2.06 bits per heavy atom. The third-order valence-corrected chi connectivity index (χ3v) is 3.77. The van der Waals surface area contributed by atoms with Gasteiger partial charge in [-0.3, -0.25) is 9.78 Å². The van der Waals surface area contributed by atoms with E-state index < -0.39 is 24.1 Å². The standard InChI is InChI=1S/C19H14F3N5O4/c1-30-12-4-11(17(20)15(28)5-12)7-25-27-18(29)14-9-23-8-13(26-14)10-2-3-16(24-6-10)31-19(21)22/h2-9,19,28H,1H3,(H,27,29)/b25-7+. The summed E-state index contributed by atoms with van der Waals surface area (Å²) in [6, 6.07) is 5.01. The molecule has 160 valence electrons. The SMILES string of the molecule is COc1cc(O)c(F)c(/C=N/NC(=O)c2cncc(-c3ccc(OC(F)F)nc3)n2)c1. The number of benzene rings is 1. The lowest BCUT2D eigenvalue weighted by Gasteiger charge is -2.06. The van der Waals surface area contributed by atoms with Crippen LogP contribution in [0.15, 0.2) is 48.0 Å². The average molecular weight is 433 g/mol. The second kappa shape index (κ2) is 9.52. The topological polar surface area (TPSA) is 119 Å². The second-order valence-electron chi connectivity index (χ2n) is 5.80. The van der Waals surface area contributed by atoms with Crippen LogP contribution in [-0.2, 0) is 0 Å². The zero-order chi connectivity index (χ0) is 22.4. The van der Waals surface area contributed by atoms with E-state index in [2.05, 4.69) is 30.2 Å². The molecule has 2 N–H and O–H groups in total. The number of hydrogen-bond donors (Lipinski definition) is 2. The fraction of sp³-hybridized carbons (Fsp3) is 0.105. The van der Waals surface area contributed by atoms with Crippen LogP contribution >= 0.6 is 0 Å². The van der Waals surface area contributed by atoms with E-state index in [1.165, 1.54) is 43.9 Å². The molecule has 0 saturated heterocycles. The van der Waals surface area contributed by atoms with Gasteiger partial charge in [-0.2, -0.15) is 13.9 Å². The summed E-state index contributed by atoms with van der Waals surface area (Å²) in [4.78, 5) is 24.0. The van der Waals surface area contributed by atoms with Crippen LogP contribution in [0.25, 0.3) is 11.3 Å². The molecular formula is C19H14F3N5O4. The van der Waals surface area contributed by atoms with Gasteiger partial charge in [0.15, 0.2) is 11.6 Å². The number of nitrogens with one attached hydrogen (secondary N) is 1. The van der Waals surface area contributed by atoms with Crippen LogP contribution in [-0.4, -0.2) is 45.9 Å². The van der Waals surface area contributed by atoms with Crippen LogP contribution < -0.4 is 14.9 Å². The van der Waals surface area contributed by atoms with Crippen molar-refractivity contribution < 1.29 is 32.5 Å². The number of amides is 1. The predicted octanol–water partition coefficient (Wildman–Crippen LogP) is 2.76. The average Bonchev–Trinajstić information content (AvgIpc) is 2.76. The maximum atomic E-state index is 13.9. The largest absolute Gasteiger partial charge is 0.505 e. The van der Waals surface area contributed by atoms with E-state index in [9.17, 15) is 23.1 Å². The van der Waals surface area contributed by atoms with Crippen molar-refractivity contribution >= 4 is 12.1 Å². The summed E-state index contributed by atoms with van der Waals surface area (Å²) in [5.41, 5.74) is 2.58. The third-order valence-electron chi connectivity index (χ3n) is 3.77. The lowest BCUT2D eigenvalue weighted by molar-refractivity contribution is -0.0528. The highest BCUT2D eigenvalue weighted by Crippen LogP contribution is 2.25. The number of ether oxygens (including phenoxy) is 2. The number of nitrogens with zero attached hydrogens (tertiary/aromatic N) is 4. The number of hydrogen-bond acceptors (Lipinski definition) is 8. The quantitative estimate of drug-likeness (QED) is 0.434. The van der Waals surface area contributed by atoms with Gasteiger partial charge in [-0.15, -0.1) is 0 Å². The number of alkyl halides is 2. The summed E-state index contributed by atoms with van der Waals surface area (Å²) in [5, 5.41) is 13.2. The second-order valence-corrected chi connectivity index (χ2v) is 5.80. The first-order valence-electron chi connectivity index (χ1n) is 8.50. The van der Waals surface area contributed by atoms with Crippen LogP contribution in [0.1, 0.15) is 16.1 Å². The van der Waals surface area contributed by atoms with E-state index in [0.717, 1.165) is 12.3 Å². The van der Waals surface area contributed by atoms with Crippen molar-refractivity contribution in [2.45, 2.75) is 6.61 Å². The Hall–Kier alpha value is -4.22. The molecule has 12 heteroatoms. The fourth-order valence-electron chi connectivity index (χ4n) is 2.34. The minimum absolute atomic E-state index is 0.114. The van der Waals surface area contributed by atoms with Crippen LogP contribution in [0.4, 0.5) is 13.2 Å². The number of aromatic hydroxyl groups is 1. The van der Waals surface area contributed by atoms with Crippen molar-refractivity contribution in [1.29, 1.82) is 0 Å². The van der Waals surface area contributed by atoms with Crippen molar-refractivity contribution in [2.75, 3.05) is 7.11 Å². The summed E-state index contributed by atoms with van der Waals surface area (Å²) < 4.78 is 47.4. The molecule has 1 aromatic carbocycles. The van der Waals surface area contributed by atoms with Crippen molar-refractivity contribution in [3.05, 3.63) is 59.9 Å². The molecule has 9 nitrogen and oxygen atoms in total. The number of pyridine rings is 1. The predicted molar refractivity (Wildman–Crippen MR) is 102 cm³/mol. The molecule has 0 spiro atoms. The van der Waals surface area contributed by atoms with E-state index in [0.29, 0.717) is 5.56 Å². The molecule has 3 rings (SSSR count). The number of hydrazone groups is 1. The lowest BCUT2D eigenvalue weighted by Crippen LogP contribution is -2.19. The molecule has 0 aliphatic rings. The molecular weight excluding hydrogens is 419 g/mol. The molecule has 0 unspecified atom stereocenters. The molecule has 0 aliphatic carbocycles. The Balaban J connectivity index is 1.72. The lowest BCUT2D eigenvalue weighted by atomic mass is 10.2. The minimum atomic E-state index is -3.00. The number of rotatable bonds is 7. The van der Waals surface area contributed by atoms with Gasteiger partial charge in [-0.1, -0.05) is 0 Å². The molecule has 0 radical (unpaired) electrons. The molecule has 0 atom stereocenters. The van der Waals surface area contributed by atoms with Gasteiger partial charge < -0.3 is 14.6 Å². The number of halogens is 3. The van der Waals surface area contributed by atoms with Crippen molar-refractivity contribution in [1.82, 2.24) is 20.4 Å². The molecule has 0 bridgehead atoms. The smallest absolute Gasteiger partial charge is 0.388 e. The van der Waals surface area contributed by atoms with Crippen LogP contribution in [0, 0.1) is 5.82 Å². The summed E-state index contributed by atoms with van der Waals surface area (Å²) >= 11 is 0. The number of methoxy groups -OCH3 is 1. The van der Waals surface area contributed by atoms with Crippen LogP contribution in [0.3, 0.4) is 0 Å². The highest BCUT2D eigenvalue weighted by molar-refractivity contribution is 5.93. The molecule has 1 amide bonds. The maximum absolute atomic E-state index is 13.9. The summed E-state index contributed by atoms with van der Waals surface area (Å²) in [6.07, 6.45) is 4.74. The Kier molecular flexibility index (Phi) is 6.60. The van der Waals surface area contributed by atoms with E-state index >= 15 is 0 Å². The first-order valence-corrected chi connectivity index (χ1v) is 8.50. The van der Waals surface area contributed by atoms with Crippen molar-refractivity contribution in [3.8, 4) is 28.6 Å². The van der Waals surface area contributed by atoms with Gasteiger partial charge in [0.05, 0.1) is 31.4 Å². The number of carbonyl (C=O) groups is 1. The Labute approximate surface area is 173 Å². The number of aromatic nitrogens is 3. The van der Waals surface area contributed by atoms with E-state index in [1.807, 2.05) is 0 Å². The zero-order valence-corrected chi connectivity index (χ0v) is 15.8. The Morgan fingerprint density at radius 3 is 2.74 bits per heavy atom. The highest BCUT2D eigenvalue weighted by Gasteiger charge is 2.12. The first-order chi connectivity index (χ1) is 14.9. The van der Waals surface area contributed by atoms with Crippen molar-refractivity contribution in [2.24, 2.45) is 5.10 Å². The Bertz CT molecular complexity index is 1110. The molecule has 0 saturated carbocycles. The van der Waals surface area contributed by atoms with Gasteiger partial charge in [0, 0.05) is 29.5 Å². The Morgan fingerprint density at radius 1 is 1.26 bits per heavy atom. The van der Waals surface area contributed by atoms with Gasteiger partial charge >= 0.3 is 6.61 Å². The van der Waals surface area contributed by atoms with Gasteiger partial charge in [0.1, 0.15) is 11.4 Å². The molecule has 3 aromatic rings. The van der Waals surface area contributed by atoms with Gasteiger partial charge in [0.2, 0.25) is 5.88 Å². The minimum Gasteiger partial charge on any atom is -0.505 e. The van der Waals surface area contributed by atoms with Crippen molar-refractivity contribution in [3.63, 3.8) is 0 Å². The molecule has 2 heterocycles. The molecule has 31 heavy (non-hydrogen) atoms. The first kappa shape index (κ1) is 21.5. The number of phenolic OH excluding ortho intramolecular Hbond substituents is 1. The highest BCUT2D eigenvalue weighted by atomic mass is 19.3.